The first kappa shape index (κ1) is 14.2. The van der Waals surface area contributed by atoms with Gasteiger partial charge >= 0.3 is 5.97 Å². The molecule has 0 spiro atoms. The van der Waals surface area contributed by atoms with Crippen LogP contribution in [0, 0.1) is 0 Å². The van der Waals surface area contributed by atoms with Crippen LogP contribution in [0.4, 0.5) is 0 Å². The molecule has 2 rings (SSSR count). The number of hydrogen-bond acceptors (Lipinski definition) is 4. The molecule has 0 amide bonds. The van der Waals surface area contributed by atoms with E-state index in [2.05, 4.69) is 5.32 Å². The second-order valence-corrected chi connectivity index (χ2v) is 5.01. The Morgan fingerprint density at radius 1 is 1.63 bits per heavy atom. The molecule has 1 N–H and O–H groups in total. The zero-order valence-electron chi connectivity index (χ0n) is 11.1. The predicted molar refractivity (Wildman–Crippen MR) is 73.7 cm³/mol. The number of fused-ring (bicyclic) bond motifs is 1. The van der Waals surface area contributed by atoms with E-state index in [1.54, 1.807) is 13.8 Å². The van der Waals surface area contributed by atoms with Gasteiger partial charge in [0, 0.05) is 18.0 Å². The summed E-state index contributed by atoms with van der Waals surface area (Å²) >= 11 is 5.94. The number of carbonyl (C=O) groups excluding carboxylic acids is 1. The molecule has 1 aromatic rings. The Balaban J connectivity index is 1.82. The number of carbonyl (C=O) groups is 1. The number of esters is 1. The number of ether oxygens (including phenoxy) is 2. The topological polar surface area (TPSA) is 47.6 Å². The van der Waals surface area contributed by atoms with E-state index >= 15 is 0 Å². The first-order valence-corrected chi connectivity index (χ1v) is 6.83. The molecule has 0 bridgehead atoms. The Morgan fingerprint density at radius 2 is 2.42 bits per heavy atom. The summed E-state index contributed by atoms with van der Waals surface area (Å²) in [6, 6.07) is 5.30. The molecule has 0 saturated heterocycles. The van der Waals surface area contributed by atoms with Crippen molar-refractivity contribution in [1.82, 2.24) is 5.32 Å². The Hall–Kier alpha value is -1.26. The van der Waals surface area contributed by atoms with Crippen molar-refractivity contribution >= 4 is 17.6 Å². The maximum atomic E-state index is 11.5. The summed E-state index contributed by atoms with van der Waals surface area (Å²) in [6.07, 6.45) is 0.837. The van der Waals surface area contributed by atoms with Gasteiger partial charge in [0.1, 0.15) is 17.9 Å². The van der Waals surface area contributed by atoms with E-state index in [-0.39, 0.29) is 18.1 Å². The molecule has 0 aliphatic carbocycles. The van der Waals surface area contributed by atoms with Crippen molar-refractivity contribution in [3.8, 4) is 5.75 Å². The Labute approximate surface area is 118 Å². The van der Waals surface area contributed by atoms with Crippen LogP contribution in [-0.2, 0) is 16.0 Å². The first-order chi connectivity index (χ1) is 9.10. The van der Waals surface area contributed by atoms with Crippen molar-refractivity contribution in [3.63, 3.8) is 0 Å². The molecule has 5 heteroatoms. The molecular formula is C14H18ClNO3. The lowest BCUT2D eigenvalue weighted by atomic mass is 10.1. The molecule has 1 aliphatic heterocycles. The summed E-state index contributed by atoms with van der Waals surface area (Å²) in [4.78, 5) is 11.5. The Kier molecular flexibility index (Phi) is 4.66. The van der Waals surface area contributed by atoms with Crippen molar-refractivity contribution in [3.05, 3.63) is 28.8 Å². The van der Waals surface area contributed by atoms with Gasteiger partial charge in [-0.3, -0.25) is 4.79 Å². The van der Waals surface area contributed by atoms with Crippen LogP contribution in [0.2, 0.25) is 5.02 Å². The average molecular weight is 284 g/mol. The van der Waals surface area contributed by atoms with Gasteiger partial charge in [-0.05, 0) is 37.6 Å². The summed E-state index contributed by atoms with van der Waals surface area (Å²) < 4.78 is 10.7. The van der Waals surface area contributed by atoms with Gasteiger partial charge in [-0.15, -0.1) is 0 Å². The van der Waals surface area contributed by atoms with Crippen LogP contribution in [0.3, 0.4) is 0 Å². The zero-order chi connectivity index (χ0) is 13.8. The molecule has 1 aromatic carbocycles. The van der Waals surface area contributed by atoms with Crippen LogP contribution >= 0.6 is 11.6 Å². The number of benzene rings is 1. The van der Waals surface area contributed by atoms with Gasteiger partial charge in [0.15, 0.2) is 0 Å². The monoisotopic (exact) mass is 283 g/mol. The van der Waals surface area contributed by atoms with Gasteiger partial charge in [0.25, 0.3) is 0 Å². The normalized spacial score (nSPS) is 18.6. The first-order valence-electron chi connectivity index (χ1n) is 6.45. The number of halogens is 1. The molecule has 2 atom stereocenters. The van der Waals surface area contributed by atoms with Crippen molar-refractivity contribution < 1.29 is 14.3 Å². The number of nitrogens with one attached hydrogen (secondary N) is 1. The number of rotatable bonds is 5. The van der Waals surface area contributed by atoms with E-state index in [0.29, 0.717) is 13.2 Å². The van der Waals surface area contributed by atoms with Gasteiger partial charge in [-0.2, -0.15) is 0 Å². The molecule has 2 unspecified atom stereocenters. The van der Waals surface area contributed by atoms with Crippen LogP contribution in [0.5, 0.6) is 5.75 Å². The van der Waals surface area contributed by atoms with Gasteiger partial charge in [-0.1, -0.05) is 11.6 Å². The quantitative estimate of drug-likeness (QED) is 0.842. The largest absolute Gasteiger partial charge is 0.488 e. The highest BCUT2D eigenvalue weighted by molar-refractivity contribution is 6.30. The molecule has 19 heavy (non-hydrogen) atoms. The SMILES string of the molecule is CCOC(=O)C(C)NCC1Cc2cc(Cl)ccc2O1. The van der Waals surface area contributed by atoms with Gasteiger partial charge in [-0.25, -0.2) is 0 Å². The van der Waals surface area contributed by atoms with Crippen molar-refractivity contribution in [2.45, 2.75) is 32.4 Å². The molecule has 0 saturated carbocycles. The van der Waals surface area contributed by atoms with Crippen molar-refractivity contribution in [1.29, 1.82) is 0 Å². The lowest BCUT2D eigenvalue weighted by molar-refractivity contribution is -0.145. The van der Waals surface area contributed by atoms with Gasteiger partial charge in [0.05, 0.1) is 6.61 Å². The van der Waals surface area contributed by atoms with Crippen LogP contribution < -0.4 is 10.1 Å². The maximum absolute atomic E-state index is 11.5. The molecule has 1 aliphatic rings. The molecule has 0 aromatic heterocycles. The molecule has 104 valence electrons. The Morgan fingerprint density at radius 3 is 3.16 bits per heavy atom. The summed E-state index contributed by atoms with van der Waals surface area (Å²) in [5, 5.41) is 3.84. The smallest absolute Gasteiger partial charge is 0.322 e. The van der Waals surface area contributed by atoms with E-state index < -0.39 is 0 Å². The summed E-state index contributed by atoms with van der Waals surface area (Å²) in [7, 11) is 0. The molecular weight excluding hydrogens is 266 g/mol. The second-order valence-electron chi connectivity index (χ2n) is 4.58. The van der Waals surface area contributed by atoms with Crippen LogP contribution in [0.15, 0.2) is 18.2 Å². The maximum Gasteiger partial charge on any atom is 0.322 e. The van der Waals surface area contributed by atoms with Crippen LogP contribution in [-0.4, -0.2) is 31.3 Å². The minimum atomic E-state index is -0.323. The average Bonchev–Trinajstić information content (AvgIpc) is 2.78. The zero-order valence-corrected chi connectivity index (χ0v) is 11.9. The van der Waals surface area contributed by atoms with E-state index in [1.807, 2.05) is 18.2 Å². The van der Waals surface area contributed by atoms with Crippen molar-refractivity contribution in [2.75, 3.05) is 13.2 Å². The molecule has 0 fully saturated rings. The predicted octanol–water partition coefficient (Wildman–Crippen LogP) is 2.18. The fourth-order valence-electron chi connectivity index (χ4n) is 2.06. The minimum Gasteiger partial charge on any atom is -0.488 e. The minimum absolute atomic E-state index is 0.0327. The fourth-order valence-corrected chi connectivity index (χ4v) is 2.26. The van der Waals surface area contributed by atoms with Gasteiger partial charge in [0.2, 0.25) is 0 Å². The highest BCUT2D eigenvalue weighted by Gasteiger charge is 2.24. The van der Waals surface area contributed by atoms with E-state index in [0.717, 1.165) is 22.8 Å². The molecule has 4 nitrogen and oxygen atoms in total. The van der Waals surface area contributed by atoms with Crippen LogP contribution in [0.25, 0.3) is 0 Å². The lowest BCUT2D eigenvalue weighted by Crippen LogP contribution is -2.41. The van der Waals surface area contributed by atoms with E-state index in [4.69, 9.17) is 21.1 Å². The lowest BCUT2D eigenvalue weighted by Gasteiger charge is -2.16. The third kappa shape index (κ3) is 3.61. The van der Waals surface area contributed by atoms with E-state index in [9.17, 15) is 4.79 Å². The number of hydrogen-bond donors (Lipinski definition) is 1. The summed E-state index contributed by atoms with van der Waals surface area (Å²) in [6.45, 7) is 4.59. The molecule has 1 heterocycles. The highest BCUT2D eigenvalue weighted by Crippen LogP contribution is 2.30. The van der Waals surface area contributed by atoms with Gasteiger partial charge < -0.3 is 14.8 Å². The standard InChI is InChI=1S/C14H18ClNO3/c1-3-18-14(17)9(2)16-8-12-7-10-6-11(15)4-5-13(10)19-12/h4-6,9,12,16H,3,7-8H2,1-2H3. The van der Waals surface area contributed by atoms with E-state index in [1.165, 1.54) is 0 Å². The summed E-state index contributed by atoms with van der Waals surface area (Å²) in [5.74, 6) is 0.640. The van der Waals surface area contributed by atoms with Crippen LogP contribution in [0.1, 0.15) is 19.4 Å². The third-order valence-corrected chi connectivity index (χ3v) is 3.29. The molecule has 0 radical (unpaired) electrons. The third-order valence-electron chi connectivity index (χ3n) is 3.06. The second kappa shape index (κ2) is 6.26. The summed E-state index contributed by atoms with van der Waals surface area (Å²) in [5.41, 5.74) is 1.11. The fraction of sp³-hybridized carbons (Fsp3) is 0.500. The van der Waals surface area contributed by atoms with Crippen molar-refractivity contribution in [2.24, 2.45) is 0 Å². The Bertz CT molecular complexity index is 464. The highest BCUT2D eigenvalue weighted by atomic mass is 35.5.